The molecule has 0 atom stereocenters. The van der Waals surface area contributed by atoms with Crippen molar-refractivity contribution in [1.82, 2.24) is 5.32 Å². The molecule has 7 nitrogen and oxygen atoms in total. The summed E-state index contributed by atoms with van der Waals surface area (Å²) in [5.41, 5.74) is 2.79. The van der Waals surface area contributed by atoms with Crippen molar-refractivity contribution < 1.29 is 22.7 Å². The van der Waals surface area contributed by atoms with E-state index in [1.165, 1.54) is 11.4 Å². The molecule has 0 spiro atoms. The maximum Gasteiger partial charge on any atom is 0.251 e. The second-order valence-corrected chi connectivity index (χ2v) is 9.47. The minimum Gasteiger partial charge on any atom is -0.495 e. The molecule has 0 saturated heterocycles. The van der Waals surface area contributed by atoms with Crippen LogP contribution in [0.3, 0.4) is 0 Å². The molecule has 1 N–H and O–H groups in total. The standard InChI is InChI=1S/C25H28N2O5S/c1-19-7-6-8-22(17-19)32-16-15-26-25(28)21-13-11-20(12-14-21)18-27(33(3,29)30)23-9-4-5-10-24(23)31-2/h4-14,17H,15-16,18H2,1-3H3,(H,26,28). The summed E-state index contributed by atoms with van der Waals surface area (Å²) in [7, 11) is -2.06. The van der Waals surface area contributed by atoms with Gasteiger partial charge in [0.1, 0.15) is 18.1 Å². The zero-order valence-corrected chi connectivity index (χ0v) is 19.8. The number of sulfonamides is 1. The fourth-order valence-corrected chi connectivity index (χ4v) is 4.18. The molecule has 0 radical (unpaired) electrons. The lowest BCUT2D eigenvalue weighted by molar-refractivity contribution is 0.0947. The monoisotopic (exact) mass is 468 g/mol. The number of para-hydroxylation sites is 2. The van der Waals surface area contributed by atoms with E-state index in [4.69, 9.17) is 9.47 Å². The molecule has 0 bridgehead atoms. The predicted molar refractivity (Wildman–Crippen MR) is 129 cm³/mol. The molecule has 33 heavy (non-hydrogen) atoms. The zero-order chi connectivity index (χ0) is 23.8. The Labute approximate surface area is 195 Å². The van der Waals surface area contributed by atoms with Crippen LogP contribution < -0.4 is 19.1 Å². The van der Waals surface area contributed by atoms with E-state index in [2.05, 4.69) is 5.32 Å². The Bertz CT molecular complexity index is 1190. The Morgan fingerprint density at radius 2 is 1.73 bits per heavy atom. The van der Waals surface area contributed by atoms with Crippen LogP contribution in [0.5, 0.6) is 11.5 Å². The number of rotatable bonds is 10. The Balaban J connectivity index is 1.60. The molecular weight excluding hydrogens is 440 g/mol. The summed E-state index contributed by atoms with van der Waals surface area (Å²) in [5, 5.41) is 2.82. The summed E-state index contributed by atoms with van der Waals surface area (Å²) in [6.45, 7) is 2.83. The van der Waals surface area contributed by atoms with Crippen LogP contribution in [0.1, 0.15) is 21.5 Å². The molecule has 174 valence electrons. The number of aryl methyl sites for hydroxylation is 1. The lowest BCUT2D eigenvalue weighted by Gasteiger charge is -2.24. The van der Waals surface area contributed by atoms with Gasteiger partial charge < -0.3 is 14.8 Å². The number of benzene rings is 3. The van der Waals surface area contributed by atoms with Gasteiger partial charge in [0.05, 0.1) is 32.1 Å². The van der Waals surface area contributed by atoms with Crippen LogP contribution in [0.15, 0.2) is 72.8 Å². The number of anilines is 1. The van der Waals surface area contributed by atoms with Crippen molar-refractivity contribution in [2.24, 2.45) is 0 Å². The number of hydrogen-bond donors (Lipinski definition) is 1. The predicted octanol–water partition coefficient (Wildman–Crippen LogP) is 3.78. The highest BCUT2D eigenvalue weighted by Gasteiger charge is 2.21. The molecule has 0 aliphatic rings. The van der Waals surface area contributed by atoms with Crippen molar-refractivity contribution >= 4 is 21.6 Å². The fourth-order valence-electron chi connectivity index (χ4n) is 3.28. The van der Waals surface area contributed by atoms with Gasteiger partial charge in [-0.15, -0.1) is 0 Å². The quantitative estimate of drug-likeness (QED) is 0.458. The lowest BCUT2D eigenvalue weighted by atomic mass is 10.1. The molecule has 0 aliphatic heterocycles. The molecule has 0 aliphatic carbocycles. The molecule has 3 rings (SSSR count). The number of carbonyl (C=O) groups is 1. The summed E-state index contributed by atoms with van der Waals surface area (Å²) in [4.78, 5) is 12.4. The Hall–Kier alpha value is -3.52. The van der Waals surface area contributed by atoms with Crippen molar-refractivity contribution in [2.75, 3.05) is 30.8 Å². The average molecular weight is 469 g/mol. The van der Waals surface area contributed by atoms with Gasteiger partial charge in [-0.05, 0) is 54.4 Å². The molecule has 0 aromatic heterocycles. The van der Waals surface area contributed by atoms with Crippen LogP contribution in [0.2, 0.25) is 0 Å². The topological polar surface area (TPSA) is 84.9 Å². The number of hydrogen-bond acceptors (Lipinski definition) is 5. The summed E-state index contributed by atoms with van der Waals surface area (Å²) in [6.07, 6.45) is 1.15. The molecule has 0 saturated carbocycles. The first kappa shape index (κ1) is 24.1. The summed E-state index contributed by atoms with van der Waals surface area (Å²) < 4.78 is 37.1. The van der Waals surface area contributed by atoms with Crippen LogP contribution >= 0.6 is 0 Å². The number of methoxy groups -OCH3 is 1. The average Bonchev–Trinajstić information content (AvgIpc) is 2.80. The minimum absolute atomic E-state index is 0.117. The van der Waals surface area contributed by atoms with Gasteiger partial charge in [-0.1, -0.05) is 36.4 Å². The fraction of sp³-hybridized carbons (Fsp3) is 0.240. The first-order chi connectivity index (χ1) is 15.8. The van der Waals surface area contributed by atoms with E-state index < -0.39 is 10.0 Å². The molecular formula is C25H28N2O5S. The smallest absolute Gasteiger partial charge is 0.251 e. The zero-order valence-electron chi connectivity index (χ0n) is 18.9. The molecule has 0 unspecified atom stereocenters. The van der Waals surface area contributed by atoms with Crippen molar-refractivity contribution in [2.45, 2.75) is 13.5 Å². The molecule has 3 aromatic carbocycles. The van der Waals surface area contributed by atoms with Gasteiger partial charge in [-0.25, -0.2) is 8.42 Å². The maximum absolute atomic E-state index is 12.4. The van der Waals surface area contributed by atoms with E-state index >= 15 is 0 Å². The highest BCUT2D eigenvalue weighted by molar-refractivity contribution is 7.92. The summed E-state index contributed by atoms with van der Waals surface area (Å²) >= 11 is 0. The Morgan fingerprint density at radius 3 is 2.39 bits per heavy atom. The highest BCUT2D eigenvalue weighted by Crippen LogP contribution is 2.30. The second-order valence-electron chi connectivity index (χ2n) is 7.56. The first-order valence-corrected chi connectivity index (χ1v) is 12.3. The van der Waals surface area contributed by atoms with Crippen LogP contribution in [0.25, 0.3) is 0 Å². The van der Waals surface area contributed by atoms with E-state index in [9.17, 15) is 13.2 Å². The summed E-state index contributed by atoms with van der Waals surface area (Å²) in [6, 6.07) is 21.5. The SMILES string of the molecule is COc1ccccc1N(Cc1ccc(C(=O)NCCOc2cccc(C)c2)cc1)S(C)(=O)=O. The number of carbonyl (C=O) groups excluding carboxylic acids is 1. The summed E-state index contributed by atoms with van der Waals surface area (Å²) in [5.74, 6) is 1.00. The van der Waals surface area contributed by atoms with Crippen LogP contribution in [0.4, 0.5) is 5.69 Å². The third-order valence-corrected chi connectivity index (χ3v) is 6.07. The van der Waals surface area contributed by atoms with E-state index in [1.807, 2.05) is 31.2 Å². The van der Waals surface area contributed by atoms with Crippen molar-refractivity contribution in [3.63, 3.8) is 0 Å². The first-order valence-electron chi connectivity index (χ1n) is 10.5. The van der Waals surface area contributed by atoms with Crippen molar-refractivity contribution in [1.29, 1.82) is 0 Å². The van der Waals surface area contributed by atoms with Gasteiger partial charge >= 0.3 is 0 Å². The van der Waals surface area contributed by atoms with Crippen molar-refractivity contribution in [3.05, 3.63) is 89.5 Å². The van der Waals surface area contributed by atoms with Gasteiger partial charge in [-0.2, -0.15) is 0 Å². The maximum atomic E-state index is 12.4. The number of ether oxygens (including phenoxy) is 2. The van der Waals surface area contributed by atoms with E-state index in [1.54, 1.807) is 48.5 Å². The normalized spacial score (nSPS) is 11.0. The van der Waals surface area contributed by atoms with Gasteiger partial charge in [0.2, 0.25) is 10.0 Å². The van der Waals surface area contributed by atoms with Crippen LogP contribution in [-0.4, -0.2) is 40.8 Å². The second kappa shape index (κ2) is 10.9. The highest BCUT2D eigenvalue weighted by atomic mass is 32.2. The van der Waals surface area contributed by atoms with Crippen molar-refractivity contribution in [3.8, 4) is 11.5 Å². The lowest BCUT2D eigenvalue weighted by Crippen LogP contribution is -2.30. The third kappa shape index (κ3) is 6.73. The largest absolute Gasteiger partial charge is 0.495 e. The van der Waals surface area contributed by atoms with Gasteiger partial charge in [0.15, 0.2) is 0 Å². The molecule has 0 heterocycles. The van der Waals surface area contributed by atoms with E-state index in [0.29, 0.717) is 30.2 Å². The van der Waals surface area contributed by atoms with Gasteiger partial charge in [0.25, 0.3) is 5.91 Å². The Kier molecular flexibility index (Phi) is 7.95. The van der Waals surface area contributed by atoms with Crippen LogP contribution in [-0.2, 0) is 16.6 Å². The van der Waals surface area contributed by atoms with Gasteiger partial charge in [-0.3, -0.25) is 9.10 Å². The van der Waals surface area contributed by atoms with E-state index in [0.717, 1.165) is 23.1 Å². The van der Waals surface area contributed by atoms with Crippen LogP contribution in [0, 0.1) is 6.92 Å². The van der Waals surface area contributed by atoms with E-state index in [-0.39, 0.29) is 12.5 Å². The molecule has 1 amide bonds. The number of nitrogens with one attached hydrogen (secondary N) is 1. The minimum atomic E-state index is -3.56. The molecule has 0 fully saturated rings. The number of nitrogens with zero attached hydrogens (tertiary/aromatic N) is 1. The molecule has 8 heteroatoms. The Morgan fingerprint density at radius 1 is 1.00 bits per heavy atom. The molecule has 3 aromatic rings. The third-order valence-electron chi connectivity index (χ3n) is 4.94. The number of amides is 1. The van der Waals surface area contributed by atoms with Gasteiger partial charge in [0, 0.05) is 5.56 Å².